The Bertz CT molecular complexity index is 1020. The molecule has 3 rings (SSSR count). The number of hydrogen-bond donors (Lipinski definition) is 3. The lowest BCUT2D eigenvalue weighted by molar-refractivity contribution is 0.0949. The standard InChI is InChI=1S/C19H22N6O3/c1-4-8-21-18(27)17-14(20)12-7-5-6-11(16(12)24-25-17)13-9-22-19(28-3)23-15(13)10(2)26/h5-7,9-10,26H,4,8H2,1-3H3,(H2,20,24)(H,21,27). The maximum absolute atomic E-state index is 12.3. The number of rotatable bonds is 6. The lowest BCUT2D eigenvalue weighted by atomic mass is 9.99. The molecule has 0 saturated carbocycles. The lowest BCUT2D eigenvalue weighted by Crippen LogP contribution is -2.26. The number of anilines is 1. The summed E-state index contributed by atoms with van der Waals surface area (Å²) in [6.07, 6.45) is 1.50. The first-order valence-electron chi connectivity index (χ1n) is 8.90. The maximum Gasteiger partial charge on any atom is 0.316 e. The summed E-state index contributed by atoms with van der Waals surface area (Å²) in [5, 5.41) is 21.8. The van der Waals surface area contributed by atoms with Crippen LogP contribution in [0.3, 0.4) is 0 Å². The Kier molecular flexibility index (Phi) is 5.65. The number of nitrogens with two attached hydrogens (primary N) is 1. The van der Waals surface area contributed by atoms with Gasteiger partial charge >= 0.3 is 6.01 Å². The maximum atomic E-state index is 12.3. The molecule has 1 unspecified atom stereocenters. The van der Waals surface area contributed by atoms with Crippen LogP contribution in [0, 0.1) is 0 Å². The van der Waals surface area contributed by atoms with E-state index in [1.54, 1.807) is 25.3 Å². The van der Waals surface area contributed by atoms with Crippen molar-refractivity contribution in [2.24, 2.45) is 0 Å². The number of benzene rings is 1. The third-order valence-corrected chi connectivity index (χ3v) is 4.25. The summed E-state index contributed by atoms with van der Waals surface area (Å²) in [4.78, 5) is 20.7. The molecule has 1 amide bonds. The molecule has 0 bridgehead atoms. The smallest absolute Gasteiger partial charge is 0.316 e. The van der Waals surface area contributed by atoms with Crippen LogP contribution >= 0.6 is 0 Å². The van der Waals surface area contributed by atoms with Crippen LogP contribution in [0.25, 0.3) is 22.0 Å². The predicted molar refractivity (Wildman–Crippen MR) is 105 cm³/mol. The van der Waals surface area contributed by atoms with Crippen molar-refractivity contribution in [2.75, 3.05) is 19.4 Å². The molecular formula is C19H22N6O3. The summed E-state index contributed by atoms with van der Waals surface area (Å²) in [6.45, 7) is 4.09. The Morgan fingerprint density at radius 3 is 2.79 bits per heavy atom. The van der Waals surface area contributed by atoms with Crippen LogP contribution < -0.4 is 15.8 Å². The topological polar surface area (TPSA) is 136 Å². The molecule has 0 spiro atoms. The van der Waals surface area contributed by atoms with Crippen LogP contribution in [-0.4, -0.2) is 44.8 Å². The van der Waals surface area contributed by atoms with Gasteiger partial charge in [0.2, 0.25) is 0 Å². The van der Waals surface area contributed by atoms with E-state index in [1.165, 1.54) is 7.11 Å². The number of aliphatic hydroxyl groups excluding tert-OH is 1. The zero-order chi connectivity index (χ0) is 20.3. The third kappa shape index (κ3) is 3.56. The van der Waals surface area contributed by atoms with Crippen molar-refractivity contribution in [3.05, 3.63) is 35.8 Å². The minimum atomic E-state index is -0.855. The fraction of sp³-hybridized carbons (Fsp3) is 0.316. The van der Waals surface area contributed by atoms with Crippen molar-refractivity contribution >= 4 is 22.5 Å². The molecule has 28 heavy (non-hydrogen) atoms. The SMILES string of the molecule is CCCNC(=O)c1nnc2c(-c3cnc(OC)nc3C(C)O)cccc2c1N. The summed E-state index contributed by atoms with van der Waals surface area (Å²) in [5.41, 5.74) is 8.66. The van der Waals surface area contributed by atoms with Gasteiger partial charge in [-0.2, -0.15) is 4.98 Å². The van der Waals surface area contributed by atoms with Crippen LogP contribution in [0.2, 0.25) is 0 Å². The van der Waals surface area contributed by atoms with Crippen LogP contribution in [0.5, 0.6) is 6.01 Å². The molecule has 2 heterocycles. The van der Waals surface area contributed by atoms with Crippen molar-refractivity contribution in [1.82, 2.24) is 25.5 Å². The third-order valence-electron chi connectivity index (χ3n) is 4.25. The van der Waals surface area contributed by atoms with Crippen LogP contribution in [-0.2, 0) is 0 Å². The van der Waals surface area contributed by atoms with Crippen LogP contribution in [0.15, 0.2) is 24.4 Å². The van der Waals surface area contributed by atoms with Crippen molar-refractivity contribution < 1.29 is 14.6 Å². The van der Waals surface area contributed by atoms with Crippen LogP contribution in [0.4, 0.5) is 5.69 Å². The molecule has 3 aromatic rings. The number of methoxy groups -OCH3 is 1. The molecule has 0 aliphatic carbocycles. The van der Waals surface area contributed by atoms with Crippen molar-refractivity contribution in [2.45, 2.75) is 26.4 Å². The van der Waals surface area contributed by atoms with Gasteiger partial charge in [0, 0.05) is 29.3 Å². The van der Waals surface area contributed by atoms with Gasteiger partial charge in [0.25, 0.3) is 5.91 Å². The molecule has 2 aromatic heterocycles. The second-order valence-corrected chi connectivity index (χ2v) is 6.25. The van der Waals surface area contributed by atoms with Gasteiger partial charge in [-0.1, -0.05) is 25.1 Å². The number of nitrogens with one attached hydrogen (secondary N) is 1. The molecule has 0 fully saturated rings. The fourth-order valence-electron chi connectivity index (χ4n) is 2.86. The Hall–Kier alpha value is -3.33. The highest BCUT2D eigenvalue weighted by molar-refractivity contribution is 6.07. The average Bonchev–Trinajstić information content (AvgIpc) is 2.71. The molecule has 1 atom stereocenters. The largest absolute Gasteiger partial charge is 0.467 e. The number of ether oxygens (including phenoxy) is 1. The number of aliphatic hydroxyl groups is 1. The Morgan fingerprint density at radius 2 is 2.11 bits per heavy atom. The first-order chi connectivity index (χ1) is 13.5. The summed E-state index contributed by atoms with van der Waals surface area (Å²) >= 11 is 0. The molecule has 0 radical (unpaired) electrons. The number of aromatic nitrogens is 4. The van der Waals surface area contributed by atoms with Crippen molar-refractivity contribution in [1.29, 1.82) is 0 Å². The summed E-state index contributed by atoms with van der Waals surface area (Å²) in [5.74, 6) is -0.364. The zero-order valence-corrected chi connectivity index (χ0v) is 15.9. The van der Waals surface area contributed by atoms with Gasteiger partial charge in [0.15, 0.2) is 5.69 Å². The van der Waals surface area contributed by atoms with E-state index in [4.69, 9.17) is 10.5 Å². The van der Waals surface area contributed by atoms with E-state index in [2.05, 4.69) is 25.5 Å². The predicted octanol–water partition coefficient (Wildman–Crippen LogP) is 1.87. The second-order valence-electron chi connectivity index (χ2n) is 6.25. The van der Waals surface area contributed by atoms with E-state index in [9.17, 15) is 9.90 Å². The van der Waals surface area contributed by atoms with Gasteiger partial charge in [-0.05, 0) is 13.3 Å². The number of nitrogen functional groups attached to an aromatic ring is 1. The van der Waals surface area contributed by atoms with Gasteiger partial charge in [-0.3, -0.25) is 4.79 Å². The highest BCUT2D eigenvalue weighted by atomic mass is 16.5. The van der Waals surface area contributed by atoms with E-state index >= 15 is 0 Å². The molecule has 4 N–H and O–H groups in total. The van der Waals surface area contributed by atoms with E-state index < -0.39 is 6.10 Å². The minimum absolute atomic E-state index is 0.0832. The van der Waals surface area contributed by atoms with Gasteiger partial charge in [0.1, 0.15) is 5.52 Å². The normalized spacial score (nSPS) is 12.0. The summed E-state index contributed by atoms with van der Waals surface area (Å²) in [7, 11) is 1.45. The molecule has 0 aliphatic heterocycles. The van der Waals surface area contributed by atoms with E-state index in [-0.39, 0.29) is 23.3 Å². The Morgan fingerprint density at radius 1 is 1.32 bits per heavy atom. The average molecular weight is 382 g/mol. The van der Waals surface area contributed by atoms with Crippen LogP contribution in [0.1, 0.15) is 42.6 Å². The minimum Gasteiger partial charge on any atom is -0.467 e. The second kappa shape index (κ2) is 8.13. The summed E-state index contributed by atoms with van der Waals surface area (Å²) in [6, 6.07) is 5.52. The lowest BCUT2D eigenvalue weighted by Gasteiger charge is -2.14. The fourth-order valence-corrected chi connectivity index (χ4v) is 2.86. The number of fused-ring (bicyclic) bond motifs is 1. The zero-order valence-electron chi connectivity index (χ0n) is 15.9. The molecular weight excluding hydrogens is 360 g/mol. The number of amides is 1. The Balaban J connectivity index is 2.17. The van der Waals surface area contributed by atoms with E-state index in [0.717, 1.165) is 6.42 Å². The molecule has 146 valence electrons. The van der Waals surface area contributed by atoms with Gasteiger partial charge in [0.05, 0.1) is 24.6 Å². The molecule has 1 aromatic carbocycles. The van der Waals surface area contributed by atoms with E-state index in [0.29, 0.717) is 34.3 Å². The quantitative estimate of drug-likeness (QED) is 0.588. The van der Waals surface area contributed by atoms with Crippen molar-refractivity contribution in [3.8, 4) is 17.1 Å². The number of carbonyl (C=O) groups is 1. The molecule has 9 nitrogen and oxygen atoms in total. The molecule has 9 heteroatoms. The Labute approximate surface area is 162 Å². The van der Waals surface area contributed by atoms with E-state index in [1.807, 2.05) is 13.0 Å². The monoisotopic (exact) mass is 382 g/mol. The molecule has 0 aliphatic rings. The van der Waals surface area contributed by atoms with Gasteiger partial charge < -0.3 is 20.9 Å². The first-order valence-corrected chi connectivity index (χ1v) is 8.90. The highest BCUT2D eigenvalue weighted by Crippen LogP contribution is 2.34. The number of nitrogens with zero attached hydrogens (tertiary/aromatic N) is 4. The van der Waals surface area contributed by atoms with Gasteiger partial charge in [-0.15, -0.1) is 10.2 Å². The summed E-state index contributed by atoms with van der Waals surface area (Å²) < 4.78 is 5.05. The molecule has 0 saturated heterocycles. The van der Waals surface area contributed by atoms with Crippen molar-refractivity contribution in [3.63, 3.8) is 0 Å². The highest BCUT2D eigenvalue weighted by Gasteiger charge is 2.20. The number of hydrogen-bond acceptors (Lipinski definition) is 8. The van der Waals surface area contributed by atoms with Gasteiger partial charge in [-0.25, -0.2) is 4.98 Å². The number of carbonyl (C=O) groups excluding carboxylic acids is 1. The first kappa shape index (κ1) is 19.4.